The van der Waals surface area contributed by atoms with Gasteiger partial charge in [0.25, 0.3) is 0 Å². The Kier molecular flexibility index (Phi) is 8.72. The second kappa shape index (κ2) is 14.9. The molecule has 0 saturated heterocycles. The predicted octanol–water partition coefficient (Wildman–Crippen LogP) is 17.8. The minimum atomic E-state index is -0.186. The van der Waals surface area contributed by atoms with Crippen LogP contribution in [0, 0.1) is 0 Å². The first-order valence-corrected chi connectivity index (χ1v) is 23.8. The van der Waals surface area contributed by atoms with Crippen LogP contribution in [0.4, 0.5) is 0 Å². The second-order valence-corrected chi connectivity index (χ2v) is 19.6. The second-order valence-electron chi connectivity index (χ2n) is 18.5. The lowest BCUT2D eigenvalue weighted by Crippen LogP contribution is -2.15. The van der Waals surface area contributed by atoms with E-state index in [1.807, 2.05) is 11.3 Å². The summed E-state index contributed by atoms with van der Waals surface area (Å²) in [6.45, 7) is 9.30. The third-order valence-corrected chi connectivity index (χ3v) is 15.5. The fourth-order valence-electron chi connectivity index (χ4n) is 11.1. The van der Waals surface area contributed by atoms with Crippen molar-refractivity contribution in [3.8, 4) is 61.3 Å². The monoisotopic (exact) mass is 859 g/mol. The molecule has 13 rings (SSSR count). The zero-order chi connectivity index (χ0) is 44.1. The molecule has 2 aromatic heterocycles. The van der Waals surface area contributed by atoms with E-state index in [4.69, 9.17) is 0 Å². The Bertz CT molecular complexity index is 3870. The van der Waals surface area contributed by atoms with Gasteiger partial charge in [-0.1, -0.05) is 178 Å². The molecule has 2 aliphatic carbocycles. The summed E-state index contributed by atoms with van der Waals surface area (Å²) in [5, 5.41) is 5.25. The number of allylic oxidation sites excluding steroid dienone is 5. The molecule has 0 atom stereocenters. The maximum Gasteiger partial charge on any atom is 0.0541 e. The Labute approximate surface area is 389 Å². The van der Waals surface area contributed by atoms with Crippen molar-refractivity contribution in [1.82, 2.24) is 4.57 Å². The smallest absolute Gasteiger partial charge is 0.0541 e. The summed E-state index contributed by atoms with van der Waals surface area (Å²) in [7, 11) is 0. The van der Waals surface area contributed by atoms with Crippen LogP contribution in [0.3, 0.4) is 0 Å². The van der Waals surface area contributed by atoms with E-state index in [9.17, 15) is 0 Å². The van der Waals surface area contributed by atoms with Gasteiger partial charge in [0.05, 0.1) is 11.0 Å². The molecule has 9 aromatic carbocycles. The first-order chi connectivity index (χ1) is 32.4. The molecule has 0 spiro atoms. The van der Waals surface area contributed by atoms with Crippen molar-refractivity contribution in [1.29, 1.82) is 0 Å². The van der Waals surface area contributed by atoms with Gasteiger partial charge in [-0.25, -0.2) is 0 Å². The van der Waals surface area contributed by atoms with Crippen molar-refractivity contribution in [3.63, 3.8) is 0 Å². The molecule has 0 radical (unpaired) electrons. The summed E-state index contributed by atoms with van der Waals surface area (Å²) in [4.78, 5) is 0. The fourth-order valence-corrected chi connectivity index (χ4v) is 12.2. The summed E-state index contributed by atoms with van der Waals surface area (Å²) in [6, 6.07) is 70.4. The van der Waals surface area contributed by atoms with Crippen LogP contribution < -0.4 is 0 Å². The molecule has 2 heterocycles. The van der Waals surface area contributed by atoms with Crippen LogP contribution in [0.25, 0.3) is 109 Å². The molecule has 2 heteroatoms. The molecular formula is C64H45NS. The highest BCUT2D eigenvalue weighted by Gasteiger charge is 2.38. The normalized spacial score (nSPS) is 14.8. The molecule has 1 nitrogen and oxygen atoms in total. The number of rotatable bonds is 4. The number of hydrogen-bond donors (Lipinski definition) is 0. The first-order valence-electron chi connectivity index (χ1n) is 23.0. The molecule has 0 unspecified atom stereocenters. The average Bonchev–Trinajstić information content (AvgIpc) is 3.98. The number of thiophene rings is 1. The molecule has 0 N–H and O–H groups in total. The molecule has 0 amide bonds. The Morgan fingerprint density at radius 1 is 0.470 bits per heavy atom. The van der Waals surface area contributed by atoms with Crippen LogP contribution in [-0.4, -0.2) is 4.57 Å². The van der Waals surface area contributed by atoms with Gasteiger partial charge in [0.15, 0.2) is 0 Å². The van der Waals surface area contributed by atoms with Crippen molar-refractivity contribution in [2.75, 3.05) is 0 Å². The standard InChI is InChI=1S/C64H45NS/c1-40-14-6-4-9-17-44-26-27-46(36-54(44)50-19-11-10-18-49(40)50)47-29-34-59-56(38-47)55-37-45(43-24-22-42(23-25-43)41-15-7-5-8-16-41)28-33-58(55)65(59)48-30-31-51-52-32-35-61-62(53-20-12-13-21-60(53)66-61)63(52)64(2,3)57(51)39-48/h4-16,18-39H,1,17H2,2-3H3/b9-4-,14-6-. The van der Waals surface area contributed by atoms with Crippen LogP contribution in [0.2, 0.25) is 0 Å². The molecule has 66 heavy (non-hydrogen) atoms. The minimum absolute atomic E-state index is 0.186. The topological polar surface area (TPSA) is 4.93 Å². The Balaban J connectivity index is 0.990. The third kappa shape index (κ3) is 5.99. The van der Waals surface area contributed by atoms with Gasteiger partial charge in [-0.05, 0) is 144 Å². The average molecular weight is 860 g/mol. The van der Waals surface area contributed by atoms with Gasteiger partial charge in [0, 0.05) is 42.0 Å². The lowest BCUT2D eigenvalue weighted by Gasteiger charge is -2.23. The number of nitrogens with zero attached hydrogens (tertiary/aromatic N) is 1. The lowest BCUT2D eigenvalue weighted by molar-refractivity contribution is 0.666. The molecule has 0 fully saturated rings. The molecular weight excluding hydrogens is 815 g/mol. The molecule has 0 bridgehead atoms. The number of fused-ring (bicyclic) bond motifs is 13. The molecule has 0 aliphatic heterocycles. The van der Waals surface area contributed by atoms with Crippen LogP contribution in [0.15, 0.2) is 219 Å². The van der Waals surface area contributed by atoms with E-state index in [-0.39, 0.29) is 5.41 Å². The summed E-state index contributed by atoms with van der Waals surface area (Å²) in [5.74, 6) is 0. The summed E-state index contributed by atoms with van der Waals surface area (Å²) >= 11 is 1.90. The summed E-state index contributed by atoms with van der Waals surface area (Å²) in [5.41, 5.74) is 22.1. The number of aromatic nitrogens is 1. The highest BCUT2D eigenvalue weighted by atomic mass is 32.1. The van der Waals surface area contributed by atoms with E-state index in [2.05, 4.69) is 237 Å². The van der Waals surface area contributed by atoms with E-state index in [0.29, 0.717) is 0 Å². The SMILES string of the molecule is C=C1/C=C\C=C/Cc2ccc(-c3ccc4c(c3)c3cc(-c5ccc(-c6ccccc6)cc5)ccc3n4-c3ccc4c(c3)C(C)(C)c3c-4ccc4sc5ccccc5c34)cc2-c2ccccc21. The maximum atomic E-state index is 4.46. The van der Waals surface area contributed by atoms with Crippen LogP contribution in [0.1, 0.15) is 36.1 Å². The van der Waals surface area contributed by atoms with Gasteiger partial charge in [-0.15, -0.1) is 11.3 Å². The maximum absolute atomic E-state index is 4.46. The fraction of sp³-hybridized carbons (Fsp3) is 0.0625. The van der Waals surface area contributed by atoms with Gasteiger partial charge >= 0.3 is 0 Å². The highest BCUT2D eigenvalue weighted by molar-refractivity contribution is 7.25. The first kappa shape index (κ1) is 38.7. The number of benzene rings is 9. The van der Waals surface area contributed by atoms with Crippen molar-refractivity contribution in [2.24, 2.45) is 0 Å². The van der Waals surface area contributed by atoms with Gasteiger partial charge in [-0.3, -0.25) is 0 Å². The third-order valence-electron chi connectivity index (χ3n) is 14.4. The molecule has 11 aromatic rings. The summed E-state index contributed by atoms with van der Waals surface area (Å²) < 4.78 is 5.21. The van der Waals surface area contributed by atoms with Gasteiger partial charge < -0.3 is 4.57 Å². The Morgan fingerprint density at radius 3 is 1.88 bits per heavy atom. The van der Waals surface area contributed by atoms with Crippen molar-refractivity contribution in [2.45, 2.75) is 25.7 Å². The van der Waals surface area contributed by atoms with Crippen molar-refractivity contribution >= 4 is 58.9 Å². The van der Waals surface area contributed by atoms with Crippen molar-refractivity contribution < 1.29 is 0 Å². The largest absolute Gasteiger partial charge is 0.309 e. The summed E-state index contributed by atoms with van der Waals surface area (Å²) in [6.07, 6.45) is 9.46. The van der Waals surface area contributed by atoms with Crippen LogP contribution in [0.5, 0.6) is 0 Å². The van der Waals surface area contributed by atoms with Gasteiger partial charge in [0.2, 0.25) is 0 Å². The Hall–Kier alpha value is -7.78. The molecule has 0 saturated carbocycles. The van der Waals surface area contributed by atoms with Crippen LogP contribution in [-0.2, 0) is 11.8 Å². The zero-order valence-electron chi connectivity index (χ0n) is 37.0. The lowest BCUT2D eigenvalue weighted by atomic mass is 9.80. The number of hydrogen-bond acceptors (Lipinski definition) is 1. The van der Waals surface area contributed by atoms with E-state index in [1.165, 1.54) is 126 Å². The van der Waals surface area contributed by atoms with E-state index in [1.54, 1.807) is 0 Å². The van der Waals surface area contributed by atoms with E-state index < -0.39 is 0 Å². The highest BCUT2D eigenvalue weighted by Crippen LogP contribution is 2.54. The van der Waals surface area contributed by atoms with Crippen LogP contribution >= 0.6 is 11.3 Å². The zero-order valence-corrected chi connectivity index (χ0v) is 37.8. The van der Waals surface area contributed by atoms with Crippen molar-refractivity contribution in [3.05, 3.63) is 241 Å². The van der Waals surface area contributed by atoms with Gasteiger partial charge in [0.1, 0.15) is 0 Å². The molecule has 2 aliphatic rings. The van der Waals surface area contributed by atoms with E-state index >= 15 is 0 Å². The Morgan fingerprint density at radius 2 is 1.09 bits per heavy atom. The van der Waals surface area contributed by atoms with E-state index in [0.717, 1.165) is 12.0 Å². The quantitative estimate of drug-likeness (QED) is 0.166. The predicted molar refractivity (Wildman–Crippen MR) is 284 cm³/mol. The minimum Gasteiger partial charge on any atom is -0.309 e. The molecule has 312 valence electrons. The van der Waals surface area contributed by atoms with Gasteiger partial charge in [-0.2, -0.15) is 0 Å².